The van der Waals surface area contributed by atoms with E-state index in [2.05, 4.69) is 10.6 Å². The van der Waals surface area contributed by atoms with Crippen LogP contribution in [-0.4, -0.2) is 41.1 Å². The highest BCUT2D eigenvalue weighted by molar-refractivity contribution is 6.34. The second kappa shape index (κ2) is 6.78. The Hall–Kier alpha value is -2.12. The van der Waals surface area contributed by atoms with Crippen molar-refractivity contribution < 1.29 is 24.6 Å². The van der Waals surface area contributed by atoms with E-state index in [1.54, 1.807) is 13.8 Å². The number of carbonyl (C=O) groups is 3. The van der Waals surface area contributed by atoms with E-state index in [0.29, 0.717) is 5.69 Å². The predicted molar refractivity (Wildman–Crippen MR) is 87.9 cm³/mol. The normalized spacial score (nSPS) is 21.0. The van der Waals surface area contributed by atoms with Crippen molar-refractivity contribution in [2.45, 2.75) is 13.8 Å². The summed E-state index contributed by atoms with van der Waals surface area (Å²) < 4.78 is 0. The Kier molecular flexibility index (Phi) is 5.15. The van der Waals surface area contributed by atoms with E-state index < -0.39 is 29.1 Å². The molecule has 0 spiro atoms. The topological polar surface area (TPSA) is 116 Å². The summed E-state index contributed by atoms with van der Waals surface area (Å²) in [6.07, 6.45) is 0. The van der Waals surface area contributed by atoms with Gasteiger partial charge in [-0.05, 0) is 23.6 Å². The largest absolute Gasteiger partial charge is 0.481 e. The molecule has 0 radical (unpaired) electrons. The molecule has 1 aromatic carbocycles. The van der Waals surface area contributed by atoms with Gasteiger partial charge >= 0.3 is 5.97 Å². The number of benzene rings is 1. The fraction of sp³-hybridized carbons (Fsp3) is 0.438. The van der Waals surface area contributed by atoms with E-state index in [9.17, 15) is 14.4 Å². The molecule has 1 saturated carbocycles. The zero-order valence-electron chi connectivity index (χ0n) is 13.3. The van der Waals surface area contributed by atoms with E-state index in [1.807, 2.05) is 0 Å². The average Bonchev–Trinajstić information content (AvgIpc) is 3.08. The number of aliphatic carboxylic acids is 1. The minimum Gasteiger partial charge on any atom is -0.481 e. The highest BCUT2D eigenvalue weighted by atomic mass is 35.5. The zero-order valence-corrected chi connectivity index (χ0v) is 14.1. The highest BCUT2D eigenvalue weighted by Gasteiger charge is 2.65. The van der Waals surface area contributed by atoms with Crippen molar-refractivity contribution in [1.82, 2.24) is 5.32 Å². The van der Waals surface area contributed by atoms with Gasteiger partial charge in [-0.2, -0.15) is 0 Å². The first kappa shape index (κ1) is 18.2. The second-order valence-corrected chi connectivity index (χ2v) is 6.69. The second-order valence-electron chi connectivity index (χ2n) is 6.28. The third-order valence-corrected chi connectivity index (χ3v) is 4.57. The summed E-state index contributed by atoms with van der Waals surface area (Å²) in [6, 6.07) is 4.40. The maximum Gasteiger partial charge on any atom is 0.307 e. The number of hydrogen-bond acceptors (Lipinski definition) is 4. The molecule has 0 saturated heterocycles. The molecule has 8 heteroatoms. The van der Waals surface area contributed by atoms with Crippen molar-refractivity contribution in [2.75, 3.05) is 18.5 Å². The minimum atomic E-state index is -0.992. The van der Waals surface area contributed by atoms with Gasteiger partial charge < -0.3 is 20.8 Å². The molecular formula is C16H19ClN2O5. The average molecular weight is 355 g/mol. The summed E-state index contributed by atoms with van der Waals surface area (Å²) in [6.45, 7) is 3.40. The molecule has 0 heterocycles. The lowest BCUT2D eigenvalue weighted by molar-refractivity contribution is -0.140. The summed E-state index contributed by atoms with van der Waals surface area (Å²) in [4.78, 5) is 35.2. The summed E-state index contributed by atoms with van der Waals surface area (Å²) in [5.74, 6) is -3.13. The van der Waals surface area contributed by atoms with E-state index in [1.165, 1.54) is 18.2 Å². The molecule has 0 aromatic heterocycles. The van der Waals surface area contributed by atoms with Gasteiger partial charge in [0.25, 0.3) is 5.91 Å². The van der Waals surface area contributed by atoms with Gasteiger partial charge in [0.05, 0.1) is 29.0 Å². The smallest absolute Gasteiger partial charge is 0.307 e. The molecule has 24 heavy (non-hydrogen) atoms. The third-order valence-electron chi connectivity index (χ3n) is 4.25. The number of anilines is 1. The fourth-order valence-electron chi connectivity index (χ4n) is 2.85. The van der Waals surface area contributed by atoms with Crippen molar-refractivity contribution >= 4 is 35.1 Å². The van der Waals surface area contributed by atoms with Crippen LogP contribution in [0.15, 0.2) is 18.2 Å². The van der Waals surface area contributed by atoms with Gasteiger partial charge in [0.15, 0.2) is 0 Å². The van der Waals surface area contributed by atoms with Crippen LogP contribution in [0.4, 0.5) is 5.69 Å². The summed E-state index contributed by atoms with van der Waals surface area (Å²) >= 11 is 6.05. The van der Waals surface area contributed by atoms with Crippen LogP contribution in [0, 0.1) is 17.3 Å². The van der Waals surface area contributed by atoms with E-state index >= 15 is 0 Å². The zero-order chi connectivity index (χ0) is 18.1. The number of nitrogens with one attached hydrogen (secondary N) is 2. The monoisotopic (exact) mass is 354 g/mol. The summed E-state index contributed by atoms with van der Waals surface area (Å²) in [7, 11) is 0. The van der Waals surface area contributed by atoms with Gasteiger partial charge in [0, 0.05) is 12.2 Å². The Morgan fingerprint density at radius 1 is 1.25 bits per heavy atom. The number of carboxylic acids is 1. The molecule has 7 nitrogen and oxygen atoms in total. The number of carboxylic acid groups (broad SMARTS) is 1. The van der Waals surface area contributed by atoms with Gasteiger partial charge in [-0.15, -0.1) is 0 Å². The molecule has 4 N–H and O–H groups in total. The molecule has 0 bridgehead atoms. The summed E-state index contributed by atoms with van der Waals surface area (Å²) in [5.41, 5.74) is 0.0120. The van der Waals surface area contributed by atoms with E-state index in [-0.39, 0.29) is 29.6 Å². The molecule has 0 unspecified atom stereocenters. The van der Waals surface area contributed by atoms with Crippen molar-refractivity contribution in [1.29, 1.82) is 0 Å². The molecule has 0 aliphatic heterocycles. The molecule has 1 fully saturated rings. The lowest BCUT2D eigenvalue weighted by atomic mass is 10.1. The Morgan fingerprint density at radius 3 is 2.42 bits per heavy atom. The third kappa shape index (κ3) is 3.52. The standard InChI is InChI=1S/C16H19ClN2O5/c1-16(2)11(12(16)15(23)24)14(22)19-8-3-4-9(10(17)7-8)13(21)18-5-6-20/h3-4,7,11-12,20H,5-6H2,1-2H3,(H,18,21)(H,19,22)(H,23,24)/t11-,12+/m0/s1. The lowest BCUT2D eigenvalue weighted by Gasteiger charge is -2.09. The SMILES string of the molecule is CC1(C)[C@H](C(=O)Nc2ccc(C(=O)NCCO)c(Cl)c2)[C@@H]1C(=O)O. The number of aliphatic hydroxyl groups excluding tert-OH is 1. The van der Waals surface area contributed by atoms with Crippen molar-refractivity contribution in [2.24, 2.45) is 17.3 Å². The number of carbonyl (C=O) groups excluding carboxylic acids is 2. The maximum atomic E-state index is 12.3. The first-order chi connectivity index (χ1) is 11.2. The number of hydrogen-bond donors (Lipinski definition) is 4. The number of amides is 2. The predicted octanol–water partition coefficient (Wildman–Crippen LogP) is 1.36. The Morgan fingerprint density at radius 2 is 1.92 bits per heavy atom. The molecule has 130 valence electrons. The molecule has 2 atom stereocenters. The van der Waals surface area contributed by atoms with Crippen molar-refractivity contribution in [3.8, 4) is 0 Å². The molecule has 2 amide bonds. The highest BCUT2D eigenvalue weighted by Crippen LogP contribution is 2.58. The quantitative estimate of drug-likeness (QED) is 0.615. The first-order valence-corrected chi connectivity index (χ1v) is 7.80. The van der Waals surface area contributed by atoms with Gasteiger partial charge in [0.1, 0.15) is 0 Å². The minimum absolute atomic E-state index is 0.112. The van der Waals surface area contributed by atoms with Crippen LogP contribution < -0.4 is 10.6 Å². The van der Waals surface area contributed by atoms with Gasteiger partial charge in [-0.25, -0.2) is 0 Å². The molecule has 1 aliphatic carbocycles. The lowest BCUT2D eigenvalue weighted by Crippen LogP contribution is -2.26. The van der Waals surface area contributed by atoms with Crippen LogP contribution in [0.5, 0.6) is 0 Å². The van der Waals surface area contributed by atoms with Gasteiger partial charge in [-0.1, -0.05) is 25.4 Å². The maximum absolute atomic E-state index is 12.3. The molecule has 2 rings (SSSR count). The van der Waals surface area contributed by atoms with Gasteiger partial charge in [-0.3, -0.25) is 14.4 Å². The first-order valence-electron chi connectivity index (χ1n) is 7.42. The van der Waals surface area contributed by atoms with E-state index in [0.717, 1.165) is 0 Å². The van der Waals surface area contributed by atoms with Crippen LogP contribution in [0.1, 0.15) is 24.2 Å². The van der Waals surface area contributed by atoms with Crippen LogP contribution >= 0.6 is 11.6 Å². The Balaban J connectivity index is 2.07. The van der Waals surface area contributed by atoms with E-state index in [4.69, 9.17) is 21.8 Å². The van der Waals surface area contributed by atoms with Crippen LogP contribution in [0.3, 0.4) is 0 Å². The van der Waals surface area contributed by atoms with Crippen molar-refractivity contribution in [3.05, 3.63) is 28.8 Å². The van der Waals surface area contributed by atoms with Gasteiger partial charge in [0.2, 0.25) is 5.91 Å². The summed E-state index contributed by atoms with van der Waals surface area (Å²) in [5, 5.41) is 23.1. The Bertz CT molecular complexity index is 689. The molecule has 1 aromatic rings. The molecular weight excluding hydrogens is 336 g/mol. The van der Waals surface area contributed by atoms with Crippen molar-refractivity contribution in [3.63, 3.8) is 0 Å². The van der Waals surface area contributed by atoms with Crippen LogP contribution in [-0.2, 0) is 9.59 Å². The fourth-order valence-corrected chi connectivity index (χ4v) is 3.12. The number of aliphatic hydroxyl groups is 1. The number of halogens is 1. The van der Waals surface area contributed by atoms with Crippen LogP contribution in [0.25, 0.3) is 0 Å². The Labute approximate surface area is 144 Å². The number of rotatable bonds is 6. The molecule has 1 aliphatic rings. The van der Waals surface area contributed by atoms with Crippen LogP contribution in [0.2, 0.25) is 5.02 Å².